The van der Waals surface area contributed by atoms with Gasteiger partial charge in [-0.25, -0.2) is 0 Å². The summed E-state index contributed by atoms with van der Waals surface area (Å²) in [6, 6.07) is 4.80. The van der Waals surface area contributed by atoms with E-state index in [9.17, 15) is 9.90 Å². The lowest BCUT2D eigenvalue weighted by atomic mass is 10.1. The minimum Gasteiger partial charge on any atom is -0.508 e. The van der Waals surface area contributed by atoms with E-state index in [1.54, 1.807) is 24.1 Å². The first kappa shape index (κ1) is 13.9. The first-order valence-electron chi connectivity index (χ1n) is 6.70. The van der Waals surface area contributed by atoms with Gasteiger partial charge in [-0.05, 0) is 49.4 Å². The van der Waals surface area contributed by atoms with Crippen LogP contribution in [0.15, 0.2) is 18.2 Å². The van der Waals surface area contributed by atoms with Crippen molar-refractivity contribution in [3.63, 3.8) is 0 Å². The van der Waals surface area contributed by atoms with Gasteiger partial charge in [-0.15, -0.1) is 0 Å². The molecule has 1 aliphatic carbocycles. The standard InChI is InChI=1S/C15H21NO3/c1-11-9-13(17)5-6-14(11)15(18)16(2)7-8-19-10-12-3-4-12/h5-6,9,12,17H,3-4,7-8,10H2,1-2H3. The third kappa shape index (κ3) is 3.96. The van der Waals surface area contributed by atoms with Gasteiger partial charge in [-0.1, -0.05) is 0 Å². The summed E-state index contributed by atoms with van der Waals surface area (Å²) in [5, 5.41) is 9.34. The highest BCUT2D eigenvalue weighted by Crippen LogP contribution is 2.28. The molecule has 0 aromatic heterocycles. The molecule has 1 aromatic carbocycles. The van der Waals surface area contributed by atoms with Crippen LogP contribution < -0.4 is 0 Å². The molecule has 0 unspecified atom stereocenters. The molecular weight excluding hydrogens is 242 g/mol. The molecule has 2 rings (SSSR count). The van der Waals surface area contributed by atoms with Crippen LogP contribution in [0.3, 0.4) is 0 Å². The number of nitrogens with zero attached hydrogens (tertiary/aromatic N) is 1. The van der Waals surface area contributed by atoms with Crippen molar-refractivity contribution in [2.45, 2.75) is 19.8 Å². The molecule has 0 aliphatic heterocycles. The summed E-state index contributed by atoms with van der Waals surface area (Å²) in [6.07, 6.45) is 2.56. The molecule has 1 aliphatic rings. The van der Waals surface area contributed by atoms with E-state index in [4.69, 9.17) is 4.74 Å². The first-order chi connectivity index (χ1) is 9.08. The second kappa shape index (κ2) is 6.06. The highest BCUT2D eigenvalue weighted by atomic mass is 16.5. The van der Waals surface area contributed by atoms with E-state index in [-0.39, 0.29) is 11.7 Å². The largest absolute Gasteiger partial charge is 0.508 e. The fourth-order valence-corrected chi connectivity index (χ4v) is 1.93. The zero-order valence-electron chi connectivity index (χ0n) is 11.6. The van der Waals surface area contributed by atoms with Crippen LogP contribution in [0.1, 0.15) is 28.8 Å². The van der Waals surface area contributed by atoms with E-state index in [0.29, 0.717) is 18.7 Å². The minimum absolute atomic E-state index is 0.0347. The molecule has 1 fully saturated rings. The van der Waals surface area contributed by atoms with Crippen LogP contribution in [0.5, 0.6) is 5.75 Å². The number of amides is 1. The predicted octanol–water partition coefficient (Wildman–Crippen LogP) is 2.20. The van der Waals surface area contributed by atoms with Crippen molar-refractivity contribution in [2.24, 2.45) is 5.92 Å². The average Bonchev–Trinajstić information content (AvgIpc) is 3.17. The number of carbonyl (C=O) groups is 1. The van der Waals surface area contributed by atoms with Gasteiger partial charge < -0.3 is 14.7 Å². The van der Waals surface area contributed by atoms with Crippen molar-refractivity contribution in [3.8, 4) is 5.75 Å². The Kier molecular flexibility index (Phi) is 4.43. The number of rotatable bonds is 6. The fourth-order valence-electron chi connectivity index (χ4n) is 1.93. The van der Waals surface area contributed by atoms with Crippen LogP contribution in [0.2, 0.25) is 0 Å². The van der Waals surface area contributed by atoms with Crippen molar-refractivity contribution < 1.29 is 14.6 Å². The van der Waals surface area contributed by atoms with Crippen LogP contribution in [-0.4, -0.2) is 42.7 Å². The number of phenols is 1. The molecule has 0 spiro atoms. The van der Waals surface area contributed by atoms with Crippen molar-refractivity contribution in [2.75, 3.05) is 26.8 Å². The molecule has 4 nitrogen and oxygen atoms in total. The summed E-state index contributed by atoms with van der Waals surface area (Å²) < 4.78 is 5.53. The molecule has 0 heterocycles. The smallest absolute Gasteiger partial charge is 0.253 e. The molecule has 104 valence electrons. The number of aromatic hydroxyl groups is 1. The van der Waals surface area contributed by atoms with Crippen LogP contribution in [0, 0.1) is 12.8 Å². The number of phenolic OH excluding ortho intramolecular Hbond substituents is 1. The molecule has 1 amide bonds. The van der Waals surface area contributed by atoms with Gasteiger partial charge >= 0.3 is 0 Å². The summed E-state index contributed by atoms with van der Waals surface area (Å²) >= 11 is 0. The summed E-state index contributed by atoms with van der Waals surface area (Å²) in [7, 11) is 1.77. The normalized spacial score (nSPS) is 14.4. The third-order valence-corrected chi connectivity index (χ3v) is 3.41. The Labute approximate surface area is 114 Å². The Bertz CT molecular complexity index is 455. The number of benzene rings is 1. The highest BCUT2D eigenvalue weighted by Gasteiger charge is 2.21. The number of likely N-dealkylation sites (N-methyl/N-ethyl adjacent to an activating group) is 1. The van der Waals surface area contributed by atoms with Gasteiger partial charge in [0.1, 0.15) is 5.75 Å². The zero-order chi connectivity index (χ0) is 13.8. The predicted molar refractivity (Wildman–Crippen MR) is 73.3 cm³/mol. The second-order valence-corrected chi connectivity index (χ2v) is 5.24. The maximum atomic E-state index is 12.2. The summed E-state index contributed by atoms with van der Waals surface area (Å²) in [5.74, 6) is 0.900. The molecule has 0 atom stereocenters. The number of carbonyl (C=O) groups excluding carboxylic acids is 1. The zero-order valence-corrected chi connectivity index (χ0v) is 11.6. The molecule has 1 N–H and O–H groups in total. The maximum Gasteiger partial charge on any atom is 0.253 e. The Balaban J connectivity index is 1.83. The van der Waals surface area contributed by atoms with Crippen LogP contribution in [-0.2, 0) is 4.74 Å². The van der Waals surface area contributed by atoms with Gasteiger partial charge in [-0.2, -0.15) is 0 Å². The van der Waals surface area contributed by atoms with Crippen molar-refractivity contribution in [1.82, 2.24) is 4.90 Å². The topological polar surface area (TPSA) is 49.8 Å². The second-order valence-electron chi connectivity index (χ2n) is 5.24. The number of hydrogen-bond donors (Lipinski definition) is 1. The van der Waals surface area contributed by atoms with Gasteiger partial charge in [0.25, 0.3) is 5.91 Å². The third-order valence-electron chi connectivity index (χ3n) is 3.41. The number of aryl methyl sites for hydroxylation is 1. The monoisotopic (exact) mass is 263 g/mol. The van der Waals surface area contributed by atoms with Gasteiger partial charge in [0.15, 0.2) is 0 Å². The fraction of sp³-hybridized carbons (Fsp3) is 0.533. The molecule has 1 saturated carbocycles. The maximum absolute atomic E-state index is 12.2. The van der Waals surface area contributed by atoms with E-state index < -0.39 is 0 Å². The van der Waals surface area contributed by atoms with Gasteiger partial charge in [0.05, 0.1) is 6.61 Å². The molecule has 0 saturated heterocycles. The van der Waals surface area contributed by atoms with Gasteiger partial charge in [-0.3, -0.25) is 4.79 Å². The van der Waals surface area contributed by atoms with Crippen molar-refractivity contribution in [3.05, 3.63) is 29.3 Å². The lowest BCUT2D eigenvalue weighted by Gasteiger charge is -2.18. The SMILES string of the molecule is Cc1cc(O)ccc1C(=O)N(C)CCOCC1CC1. The number of ether oxygens (including phenoxy) is 1. The first-order valence-corrected chi connectivity index (χ1v) is 6.70. The lowest BCUT2D eigenvalue weighted by Crippen LogP contribution is -2.30. The Morgan fingerprint density at radius 2 is 2.21 bits per heavy atom. The van der Waals surface area contributed by atoms with Crippen molar-refractivity contribution in [1.29, 1.82) is 0 Å². The molecule has 0 radical (unpaired) electrons. The summed E-state index contributed by atoms with van der Waals surface area (Å²) in [5.41, 5.74) is 1.42. The Hall–Kier alpha value is -1.55. The van der Waals surface area contributed by atoms with Crippen molar-refractivity contribution >= 4 is 5.91 Å². The minimum atomic E-state index is -0.0347. The molecule has 19 heavy (non-hydrogen) atoms. The summed E-state index contributed by atoms with van der Waals surface area (Å²) in [6.45, 7) is 3.81. The lowest BCUT2D eigenvalue weighted by molar-refractivity contribution is 0.0680. The summed E-state index contributed by atoms with van der Waals surface area (Å²) in [4.78, 5) is 13.9. The van der Waals surface area contributed by atoms with E-state index in [1.807, 2.05) is 6.92 Å². The van der Waals surface area contributed by atoms with Crippen LogP contribution in [0.25, 0.3) is 0 Å². The highest BCUT2D eigenvalue weighted by molar-refractivity contribution is 5.95. The van der Waals surface area contributed by atoms with E-state index >= 15 is 0 Å². The van der Waals surface area contributed by atoms with Crippen LogP contribution >= 0.6 is 0 Å². The Morgan fingerprint density at radius 3 is 2.84 bits per heavy atom. The van der Waals surface area contributed by atoms with Gasteiger partial charge in [0, 0.05) is 25.8 Å². The quantitative estimate of drug-likeness (QED) is 0.800. The van der Waals surface area contributed by atoms with Gasteiger partial charge in [0.2, 0.25) is 0 Å². The average molecular weight is 263 g/mol. The van der Waals surface area contributed by atoms with E-state index in [2.05, 4.69) is 0 Å². The van der Waals surface area contributed by atoms with E-state index in [0.717, 1.165) is 18.1 Å². The number of hydrogen-bond acceptors (Lipinski definition) is 3. The molecular formula is C15H21NO3. The Morgan fingerprint density at radius 1 is 1.47 bits per heavy atom. The van der Waals surface area contributed by atoms with E-state index in [1.165, 1.54) is 18.9 Å². The molecule has 0 bridgehead atoms. The van der Waals surface area contributed by atoms with Crippen LogP contribution in [0.4, 0.5) is 0 Å². The molecule has 1 aromatic rings. The molecule has 4 heteroatoms.